The summed E-state index contributed by atoms with van der Waals surface area (Å²) >= 11 is 0. The molecule has 7 N–H and O–H groups in total. The highest BCUT2D eigenvalue weighted by Gasteiger charge is 2.15. The Morgan fingerprint density at radius 1 is 1.28 bits per heavy atom. The predicted octanol–water partition coefficient (Wildman–Crippen LogP) is 2.58. The van der Waals surface area contributed by atoms with E-state index in [4.69, 9.17) is 16.9 Å². The highest BCUT2D eigenvalue weighted by molar-refractivity contribution is 6.17. The van der Waals surface area contributed by atoms with E-state index in [1.54, 1.807) is 37.5 Å². The maximum atomic E-state index is 12.5. The number of hydrogen-bond donors (Lipinski definition) is 5. The number of rotatable bonds is 6. The first-order valence-electron chi connectivity index (χ1n) is 11.0. The molecule has 0 saturated carbocycles. The Kier molecular flexibility index (Phi) is 6.35. The normalized spacial score (nSPS) is 12.2. The van der Waals surface area contributed by atoms with Crippen molar-refractivity contribution in [1.82, 2.24) is 9.97 Å². The number of aryl methyl sites for hydroxylation is 1. The van der Waals surface area contributed by atoms with Crippen LogP contribution in [0.5, 0.6) is 0 Å². The van der Waals surface area contributed by atoms with Crippen molar-refractivity contribution in [3.8, 4) is 6.07 Å². The topological polar surface area (TPSA) is 170 Å². The molecule has 1 amide bonds. The number of aromatic amines is 1. The maximum Gasteiger partial charge on any atom is 0.269 e. The van der Waals surface area contributed by atoms with Gasteiger partial charge in [0.25, 0.3) is 5.91 Å². The summed E-state index contributed by atoms with van der Waals surface area (Å²) in [6.07, 6.45) is 4.28. The van der Waals surface area contributed by atoms with Crippen LogP contribution in [0.25, 0.3) is 23.2 Å². The van der Waals surface area contributed by atoms with Crippen LogP contribution >= 0.6 is 0 Å². The third-order valence-corrected chi connectivity index (χ3v) is 5.81. The number of amides is 1. The minimum absolute atomic E-state index is 0.00572. The van der Waals surface area contributed by atoms with Gasteiger partial charge in [-0.25, -0.2) is 4.99 Å². The minimum Gasteiger partial charge on any atom is -0.398 e. The Hall–Kier alpha value is -5.23. The van der Waals surface area contributed by atoms with Crippen LogP contribution in [0, 0.1) is 23.7 Å². The van der Waals surface area contributed by atoms with E-state index in [-0.39, 0.29) is 5.70 Å². The first-order valence-corrected chi connectivity index (χ1v) is 11.0. The molecule has 9 heteroatoms. The fraction of sp³-hybridized carbons (Fsp3) is 0.0741. The molecular formula is C27H24N8O. The predicted molar refractivity (Wildman–Crippen MR) is 144 cm³/mol. The van der Waals surface area contributed by atoms with E-state index in [0.29, 0.717) is 60.9 Å². The summed E-state index contributed by atoms with van der Waals surface area (Å²) in [5.74, 6) is -0.740. The molecule has 9 nitrogen and oxygen atoms in total. The first-order chi connectivity index (χ1) is 17.2. The number of carbonyl (C=O) groups excluding carboxylic acids is 1. The van der Waals surface area contributed by atoms with Gasteiger partial charge in [-0.15, -0.1) is 0 Å². The number of nitrogens with zero attached hydrogens (tertiary/aromatic N) is 3. The largest absolute Gasteiger partial charge is 0.398 e. The Bertz CT molecular complexity index is 1720. The Balaban J connectivity index is 1.92. The fourth-order valence-corrected chi connectivity index (χ4v) is 4.03. The van der Waals surface area contributed by atoms with E-state index in [1.165, 1.54) is 0 Å². The van der Waals surface area contributed by atoms with Gasteiger partial charge in [0.2, 0.25) is 0 Å². The molecule has 2 aromatic carbocycles. The van der Waals surface area contributed by atoms with Crippen molar-refractivity contribution in [2.45, 2.75) is 13.8 Å². The molecule has 2 aromatic heterocycles. The van der Waals surface area contributed by atoms with E-state index in [9.17, 15) is 10.1 Å². The van der Waals surface area contributed by atoms with E-state index < -0.39 is 5.91 Å². The number of pyridine rings is 1. The number of benzene rings is 2. The van der Waals surface area contributed by atoms with Crippen molar-refractivity contribution in [3.63, 3.8) is 0 Å². The Morgan fingerprint density at radius 2 is 2.06 bits per heavy atom. The average molecular weight is 477 g/mol. The molecule has 0 bridgehead atoms. The molecule has 0 atom stereocenters. The quantitative estimate of drug-likeness (QED) is 0.212. The third-order valence-electron chi connectivity index (χ3n) is 5.81. The second kappa shape index (κ2) is 9.56. The van der Waals surface area contributed by atoms with Gasteiger partial charge >= 0.3 is 0 Å². The number of H-pyrrole nitrogens is 1. The van der Waals surface area contributed by atoms with Crippen molar-refractivity contribution in [1.29, 1.82) is 10.7 Å². The monoisotopic (exact) mass is 476 g/mol. The lowest BCUT2D eigenvalue weighted by molar-refractivity contribution is -0.113. The zero-order valence-electron chi connectivity index (χ0n) is 19.8. The highest BCUT2D eigenvalue weighted by atomic mass is 16.1. The van der Waals surface area contributed by atoms with Gasteiger partial charge in [-0.2, -0.15) is 5.26 Å². The summed E-state index contributed by atoms with van der Waals surface area (Å²) < 4.78 is 0. The molecule has 0 aliphatic rings. The number of nitrogens with two attached hydrogens (primary N) is 2. The van der Waals surface area contributed by atoms with Crippen LogP contribution in [0.1, 0.15) is 29.2 Å². The number of fused-ring (bicyclic) bond motifs is 1. The molecule has 0 fully saturated rings. The van der Waals surface area contributed by atoms with Crippen molar-refractivity contribution < 1.29 is 4.79 Å². The van der Waals surface area contributed by atoms with Crippen molar-refractivity contribution in [2.75, 3.05) is 11.1 Å². The number of aromatic nitrogens is 2. The SMILES string of the molecule is C=c1/c(=C(\N=C(C)c2ccc(C)cc2Nc2cnccc2C#N)C(N)=O)[nH]c2ccc(N)c(C=N)c12. The van der Waals surface area contributed by atoms with Gasteiger partial charge in [0.1, 0.15) is 6.07 Å². The van der Waals surface area contributed by atoms with Crippen LogP contribution in [-0.2, 0) is 4.79 Å². The second-order valence-electron chi connectivity index (χ2n) is 8.23. The third kappa shape index (κ3) is 4.31. The molecule has 36 heavy (non-hydrogen) atoms. The number of aliphatic imine (C=N–C) groups is 1. The molecule has 178 valence electrons. The van der Waals surface area contributed by atoms with E-state index >= 15 is 0 Å². The van der Waals surface area contributed by atoms with E-state index in [1.807, 2.05) is 25.1 Å². The zero-order chi connectivity index (χ0) is 26.0. The van der Waals surface area contributed by atoms with Gasteiger partial charge in [0.05, 0.1) is 22.8 Å². The maximum absolute atomic E-state index is 12.5. The van der Waals surface area contributed by atoms with Crippen molar-refractivity contribution in [2.24, 2.45) is 10.7 Å². The molecule has 0 spiro atoms. The molecule has 2 heterocycles. The molecule has 0 aliphatic carbocycles. The summed E-state index contributed by atoms with van der Waals surface area (Å²) in [5.41, 5.74) is 17.2. The van der Waals surface area contributed by atoms with Crippen molar-refractivity contribution in [3.05, 3.63) is 81.6 Å². The Labute approximate surface area is 207 Å². The number of primary amides is 1. The standard InChI is InChI=1S/C27H24N8O/c1-14-4-5-18(22(10-14)34-23-13-32-9-8-17(23)11-28)16(3)33-26(27(31)36)25-15(2)24-19(12-29)20(30)6-7-21(24)35-25/h4-10,12-13,29,34-35H,2,30H2,1,3H3,(H2,31,36)/b26-25+,29-12?,33-16?. The zero-order valence-corrected chi connectivity index (χ0v) is 19.8. The lowest BCUT2D eigenvalue weighted by Crippen LogP contribution is -2.30. The number of anilines is 3. The average Bonchev–Trinajstić information content (AvgIpc) is 3.18. The summed E-state index contributed by atoms with van der Waals surface area (Å²) in [4.78, 5) is 24.4. The summed E-state index contributed by atoms with van der Waals surface area (Å²) in [7, 11) is 0. The van der Waals surface area contributed by atoms with Crippen LogP contribution in [0.2, 0.25) is 0 Å². The molecule has 4 rings (SSSR count). The van der Waals surface area contributed by atoms with Gasteiger partial charge in [-0.1, -0.05) is 18.7 Å². The van der Waals surface area contributed by atoms with Crippen LogP contribution in [-0.4, -0.2) is 27.8 Å². The van der Waals surface area contributed by atoms with Crippen LogP contribution in [0.4, 0.5) is 17.1 Å². The first kappa shape index (κ1) is 23.9. The van der Waals surface area contributed by atoms with Gasteiger partial charge in [0.15, 0.2) is 5.70 Å². The summed E-state index contributed by atoms with van der Waals surface area (Å²) in [6, 6.07) is 12.9. The smallest absolute Gasteiger partial charge is 0.269 e. The molecule has 0 saturated heterocycles. The van der Waals surface area contributed by atoms with Crippen LogP contribution in [0.3, 0.4) is 0 Å². The number of nitrogen functional groups attached to an aromatic ring is 1. The van der Waals surface area contributed by atoms with Gasteiger partial charge in [0, 0.05) is 56.7 Å². The molecular weight excluding hydrogens is 452 g/mol. The van der Waals surface area contributed by atoms with Crippen molar-refractivity contribution >= 4 is 58.1 Å². The summed E-state index contributed by atoms with van der Waals surface area (Å²) in [5, 5.41) is 21.9. The van der Waals surface area contributed by atoms with E-state index in [2.05, 4.69) is 32.9 Å². The minimum atomic E-state index is -0.740. The second-order valence-corrected chi connectivity index (χ2v) is 8.23. The molecule has 0 aliphatic heterocycles. The van der Waals surface area contributed by atoms with E-state index in [0.717, 1.165) is 11.8 Å². The van der Waals surface area contributed by atoms with Gasteiger partial charge in [-0.05, 0) is 43.7 Å². The highest BCUT2D eigenvalue weighted by Crippen LogP contribution is 2.25. The number of hydrogen-bond acceptors (Lipinski definition) is 7. The lowest BCUT2D eigenvalue weighted by Gasteiger charge is -2.14. The van der Waals surface area contributed by atoms with Crippen LogP contribution in [0.15, 0.2) is 53.8 Å². The van der Waals surface area contributed by atoms with Crippen LogP contribution < -0.4 is 27.4 Å². The van der Waals surface area contributed by atoms with Gasteiger partial charge < -0.3 is 27.2 Å². The van der Waals surface area contributed by atoms with Gasteiger partial charge in [-0.3, -0.25) is 9.78 Å². The molecule has 0 radical (unpaired) electrons. The number of carbonyl (C=O) groups is 1. The Morgan fingerprint density at radius 3 is 2.75 bits per heavy atom. The lowest BCUT2D eigenvalue weighted by atomic mass is 10.0. The molecule has 0 unspecified atom stereocenters. The fourth-order valence-electron chi connectivity index (χ4n) is 4.03. The number of nitrogens with one attached hydrogen (secondary N) is 3. The summed E-state index contributed by atoms with van der Waals surface area (Å²) in [6.45, 7) is 7.82. The molecule has 4 aromatic rings. The number of nitriles is 1.